The van der Waals surface area contributed by atoms with Gasteiger partial charge in [0.25, 0.3) is 0 Å². The highest BCUT2D eigenvalue weighted by molar-refractivity contribution is 5.74. The van der Waals surface area contributed by atoms with E-state index in [1.165, 1.54) is 6.07 Å². The van der Waals surface area contributed by atoms with E-state index >= 15 is 0 Å². The van der Waals surface area contributed by atoms with Crippen LogP contribution in [0.1, 0.15) is 17.5 Å². The number of ether oxygens (including phenoxy) is 1. The zero-order chi connectivity index (χ0) is 16.9. The molecule has 1 aromatic carbocycles. The normalized spacial score (nSPS) is 17.8. The number of rotatable bonds is 4. The van der Waals surface area contributed by atoms with Crippen LogP contribution in [0, 0.1) is 5.82 Å². The van der Waals surface area contributed by atoms with Crippen molar-refractivity contribution in [2.45, 2.75) is 12.5 Å². The first kappa shape index (κ1) is 16.4. The molecule has 8 heteroatoms. The summed E-state index contributed by atoms with van der Waals surface area (Å²) in [7, 11) is 1.84. The van der Waals surface area contributed by atoms with E-state index in [0.29, 0.717) is 44.0 Å². The van der Waals surface area contributed by atoms with Gasteiger partial charge in [0.2, 0.25) is 0 Å². The lowest BCUT2D eigenvalue weighted by molar-refractivity contribution is -0.0214. The minimum absolute atomic E-state index is 0.179. The second kappa shape index (κ2) is 7.39. The molecule has 1 fully saturated rings. The first-order valence-electron chi connectivity index (χ1n) is 7.87. The Hall–Kier alpha value is -2.48. The summed E-state index contributed by atoms with van der Waals surface area (Å²) in [4.78, 5) is 14.0. The molecular formula is C16H20FN5O2. The Labute approximate surface area is 139 Å². The molecule has 1 aromatic heterocycles. The van der Waals surface area contributed by atoms with Crippen LogP contribution in [-0.4, -0.2) is 51.9 Å². The van der Waals surface area contributed by atoms with Crippen molar-refractivity contribution in [3.63, 3.8) is 0 Å². The van der Waals surface area contributed by atoms with E-state index in [4.69, 9.17) is 4.74 Å². The highest BCUT2D eigenvalue weighted by Crippen LogP contribution is 2.19. The predicted molar refractivity (Wildman–Crippen MR) is 84.8 cm³/mol. The summed E-state index contributed by atoms with van der Waals surface area (Å²) in [5, 5.41) is 10.7. The fraction of sp³-hybridized carbons (Fsp3) is 0.438. The van der Waals surface area contributed by atoms with E-state index in [1.54, 1.807) is 34.0 Å². The molecule has 0 spiro atoms. The average molecular weight is 333 g/mol. The molecule has 0 aliphatic carbocycles. The number of nitrogens with zero attached hydrogens (tertiary/aromatic N) is 4. The third kappa shape index (κ3) is 3.70. The Kier molecular flexibility index (Phi) is 5.05. The Morgan fingerprint density at radius 2 is 2.29 bits per heavy atom. The van der Waals surface area contributed by atoms with Gasteiger partial charge in [0, 0.05) is 20.1 Å². The van der Waals surface area contributed by atoms with Crippen molar-refractivity contribution in [1.82, 2.24) is 25.0 Å². The Morgan fingerprint density at radius 3 is 3.04 bits per heavy atom. The molecular weight excluding hydrogens is 313 g/mol. The Bertz CT molecular complexity index is 705. The number of amides is 2. The van der Waals surface area contributed by atoms with Gasteiger partial charge >= 0.3 is 6.03 Å². The van der Waals surface area contributed by atoms with Gasteiger partial charge in [-0.3, -0.25) is 0 Å². The van der Waals surface area contributed by atoms with Gasteiger partial charge < -0.3 is 19.5 Å². The summed E-state index contributed by atoms with van der Waals surface area (Å²) in [5.74, 6) is 0.444. The molecule has 7 nitrogen and oxygen atoms in total. The van der Waals surface area contributed by atoms with Crippen molar-refractivity contribution in [3.05, 3.63) is 47.8 Å². The number of aryl methyl sites for hydroxylation is 1. The van der Waals surface area contributed by atoms with Crippen molar-refractivity contribution >= 4 is 6.03 Å². The first-order valence-corrected chi connectivity index (χ1v) is 7.87. The molecule has 128 valence electrons. The maximum atomic E-state index is 13.6. The van der Waals surface area contributed by atoms with Crippen LogP contribution in [0.2, 0.25) is 0 Å². The summed E-state index contributed by atoms with van der Waals surface area (Å²) >= 11 is 0. The SMILES string of the molecule is Cn1cnnc1[C@H]1CN(C(=O)NCCc2ccccc2F)CCO1. The molecule has 2 heterocycles. The number of halogens is 1. The number of carbonyl (C=O) groups excluding carboxylic acids is 1. The number of morpholine rings is 1. The molecule has 0 saturated carbocycles. The van der Waals surface area contributed by atoms with Crippen molar-refractivity contribution in [1.29, 1.82) is 0 Å². The minimum atomic E-state index is -0.288. The van der Waals surface area contributed by atoms with Gasteiger partial charge in [-0.1, -0.05) is 18.2 Å². The van der Waals surface area contributed by atoms with Crippen LogP contribution in [0.4, 0.5) is 9.18 Å². The van der Waals surface area contributed by atoms with Gasteiger partial charge in [-0.05, 0) is 18.1 Å². The fourth-order valence-electron chi connectivity index (χ4n) is 2.69. The number of nitrogens with one attached hydrogen (secondary N) is 1. The zero-order valence-electron chi connectivity index (χ0n) is 13.5. The number of aromatic nitrogens is 3. The third-order valence-electron chi connectivity index (χ3n) is 4.02. The molecule has 1 atom stereocenters. The van der Waals surface area contributed by atoms with E-state index in [9.17, 15) is 9.18 Å². The van der Waals surface area contributed by atoms with Crippen LogP contribution in [-0.2, 0) is 18.2 Å². The van der Waals surface area contributed by atoms with Crippen molar-refractivity contribution in [3.8, 4) is 0 Å². The molecule has 24 heavy (non-hydrogen) atoms. The van der Waals surface area contributed by atoms with E-state index in [-0.39, 0.29) is 18.0 Å². The standard InChI is InChI=1S/C16H20FN5O2/c1-21-11-19-20-15(21)14-10-22(8-9-24-14)16(23)18-7-6-12-4-2-3-5-13(12)17/h2-5,11,14H,6-10H2,1H3,(H,18,23)/t14-/m1/s1. The highest BCUT2D eigenvalue weighted by Gasteiger charge is 2.28. The lowest BCUT2D eigenvalue weighted by atomic mass is 10.1. The second-order valence-corrected chi connectivity index (χ2v) is 5.68. The summed E-state index contributed by atoms with van der Waals surface area (Å²) in [6.45, 7) is 1.75. The summed E-state index contributed by atoms with van der Waals surface area (Å²) in [5.41, 5.74) is 0.594. The molecule has 1 aliphatic heterocycles. The number of benzene rings is 1. The van der Waals surface area contributed by atoms with E-state index in [1.807, 2.05) is 7.05 Å². The summed E-state index contributed by atoms with van der Waals surface area (Å²) < 4.78 is 21.0. The molecule has 0 bridgehead atoms. The van der Waals surface area contributed by atoms with Crippen molar-refractivity contribution in [2.24, 2.45) is 7.05 Å². The monoisotopic (exact) mass is 333 g/mol. The summed E-state index contributed by atoms with van der Waals surface area (Å²) in [6, 6.07) is 6.40. The molecule has 2 amide bonds. The van der Waals surface area contributed by atoms with Gasteiger partial charge in [-0.25, -0.2) is 9.18 Å². The van der Waals surface area contributed by atoms with Crippen molar-refractivity contribution < 1.29 is 13.9 Å². The van der Waals surface area contributed by atoms with Crippen LogP contribution >= 0.6 is 0 Å². The first-order chi connectivity index (χ1) is 11.6. The molecule has 1 N–H and O–H groups in total. The maximum absolute atomic E-state index is 13.6. The molecule has 0 unspecified atom stereocenters. The van der Waals surface area contributed by atoms with Gasteiger partial charge in [0.05, 0.1) is 13.2 Å². The predicted octanol–water partition coefficient (Wildman–Crippen LogP) is 1.28. The van der Waals surface area contributed by atoms with Crippen LogP contribution < -0.4 is 5.32 Å². The highest BCUT2D eigenvalue weighted by atomic mass is 19.1. The van der Waals surface area contributed by atoms with Gasteiger partial charge in [0.1, 0.15) is 18.2 Å². The van der Waals surface area contributed by atoms with E-state index < -0.39 is 0 Å². The smallest absolute Gasteiger partial charge is 0.317 e. The fourth-order valence-corrected chi connectivity index (χ4v) is 2.69. The second-order valence-electron chi connectivity index (χ2n) is 5.68. The van der Waals surface area contributed by atoms with E-state index in [0.717, 1.165) is 0 Å². The zero-order valence-corrected chi connectivity index (χ0v) is 13.5. The third-order valence-corrected chi connectivity index (χ3v) is 4.02. The largest absolute Gasteiger partial charge is 0.366 e. The molecule has 2 aromatic rings. The molecule has 0 radical (unpaired) electrons. The van der Waals surface area contributed by atoms with Crippen LogP contribution in [0.3, 0.4) is 0 Å². The average Bonchev–Trinajstić information content (AvgIpc) is 3.03. The lowest BCUT2D eigenvalue weighted by Gasteiger charge is -2.32. The molecule has 3 rings (SSSR count). The van der Waals surface area contributed by atoms with Crippen LogP contribution in [0.25, 0.3) is 0 Å². The number of hydrogen-bond donors (Lipinski definition) is 1. The number of carbonyl (C=O) groups is 1. The van der Waals surface area contributed by atoms with E-state index in [2.05, 4.69) is 15.5 Å². The Balaban J connectivity index is 1.51. The van der Waals surface area contributed by atoms with Crippen LogP contribution in [0.5, 0.6) is 0 Å². The number of hydrogen-bond acceptors (Lipinski definition) is 4. The topological polar surface area (TPSA) is 72.3 Å². The van der Waals surface area contributed by atoms with Crippen LogP contribution in [0.15, 0.2) is 30.6 Å². The minimum Gasteiger partial charge on any atom is -0.366 e. The molecule has 1 aliphatic rings. The Morgan fingerprint density at radius 1 is 1.46 bits per heavy atom. The van der Waals surface area contributed by atoms with Gasteiger partial charge in [0.15, 0.2) is 5.82 Å². The summed E-state index contributed by atoms with van der Waals surface area (Å²) in [6.07, 6.45) is 1.77. The molecule has 1 saturated heterocycles. The maximum Gasteiger partial charge on any atom is 0.317 e. The lowest BCUT2D eigenvalue weighted by Crippen LogP contribution is -2.47. The quantitative estimate of drug-likeness (QED) is 0.915. The van der Waals surface area contributed by atoms with Gasteiger partial charge in [-0.2, -0.15) is 0 Å². The van der Waals surface area contributed by atoms with Gasteiger partial charge in [-0.15, -0.1) is 10.2 Å². The van der Waals surface area contributed by atoms with Crippen molar-refractivity contribution in [2.75, 3.05) is 26.2 Å². The number of urea groups is 1.